The number of furan rings is 6. The maximum Gasteiger partial charge on any atom is 0.495 e. The van der Waals surface area contributed by atoms with Crippen molar-refractivity contribution in [2.45, 2.75) is 156 Å². The van der Waals surface area contributed by atoms with Crippen molar-refractivity contribution in [1.82, 2.24) is 0 Å². The second-order valence-corrected chi connectivity index (χ2v) is 39.4. The molecule has 22 aromatic rings. The second kappa shape index (κ2) is 29.4. The molecular weight excluding hydrogens is 1610 g/mol. The van der Waals surface area contributed by atoms with Crippen molar-refractivity contribution in [3.8, 4) is 22.3 Å². The molecule has 0 N–H and O–H groups in total. The summed E-state index contributed by atoms with van der Waals surface area (Å²) in [6.45, 7) is 33.2. The topological polar surface area (TPSA) is 153 Å². The van der Waals surface area contributed by atoms with Crippen LogP contribution >= 0.6 is 0 Å². The van der Waals surface area contributed by atoms with Crippen LogP contribution in [0.1, 0.15) is 111 Å². The highest BCUT2D eigenvalue weighted by molar-refractivity contribution is 6.67. The van der Waals surface area contributed by atoms with Crippen molar-refractivity contribution < 1.29 is 63.7 Å². The molecule has 4 fully saturated rings. The molecule has 0 unspecified atom stereocenters. The predicted octanol–water partition coefficient (Wildman–Crippen LogP) is 27.3. The Kier molecular flexibility index (Phi) is 18.5. The Hall–Kier alpha value is -12.7. The highest BCUT2D eigenvalue weighted by Gasteiger charge is 2.56. The van der Waals surface area contributed by atoms with E-state index >= 15 is 0 Å². The van der Waals surface area contributed by atoms with Crippen LogP contribution in [-0.4, -0.2) is 73.3 Å². The van der Waals surface area contributed by atoms with E-state index in [9.17, 15) is 0 Å². The van der Waals surface area contributed by atoms with E-state index in [1.54, 1.807) is 0 Å². The largest absolute Gasteiger partial charge is 0.495 e. The third kappa shape index (κ3) is 13.1. The van der Waals surface area contributed by atoms with Crippen molar-refractivity contribution in [2.75, 3.05) is 0 Å². The van der Waals surface area contributed by atoms with Crippen LogP contribution in [0.15, 0.2) is 318 Å². The summed E-state index contributed by atoms with van der Waals surface area (Å²) in [5.74, 6) is 0. The fraction of sp³-hybridized carbons (Fsp3) is 0.214. The fourth-order valence-electron chi connectivity index (χ4n) is 19.2. The van der Waals surface area contributed by atoms with Crippen LogP contribution in [0.3, 0.4) is 0 Å². The maximum atomic E-state index is 6.62. The van der Waals surface area contributed by atoms with Crippen LogP contribution in [0.2, 0.25) is 0 Å². The zero-order chi connectivity index (χ0) is 89.2. The average Bonchev–Trinajstić information content (AvgIpc) is 1.58. The van der Waals surface area contributed by atoms with Crippen molar-refractivity contribution in [2.24, 2.45) is 0 Å². The molecular formula is C112H96B4O14. The molecule has 0 saturated carbocycles. The first-order valence-corrected chi connectivity index (χ1v) is 45.0. The van der Waals surface area contributed by atoms with Gasteiger partial charge in [0.15, 0.2) is 0 Å². The van der Waals surface area contributed by atoms with Crippen molar-refractivity contribution >= 4 is 225 Å². The molecule has 4 aliphatic heterocycles. The first kappa shape index (κ1) is 81.8. The molecule has 0 aliphatic carbocycles. The third-order valence-electron chi connectivity index (χ3n) is 29.3. The highest BCUT2D eigenvalue weighted by Crippen LogP contribution is 2.48. The second-order valence-electron chi connectivity index (χ2n) is 39.4. The van der Waals surface area contributed by atoms with Crippen LogP contribution in [0.25, 0.3) is 197 Å². The van der Waals surface area contributed by atoms with E-state index in [1.807, 2.05) is 84.9 Å². The van der Waals surface area contributed by atoms with E-state index in [0.717, 1.165) is 219 Å². The van der Waals surface area contributed by atoms with E-state index in [4.69, 9.17) is 63.7 Å². The molecule has 16 aromatic carbocycles. The quantitative estimate of drug-likeness (QED) is 0.145. The number of hydrogen-bond donors (Lipinski definition) is 0. The molecule has 0 bridgehead atoms. The summed E-state index contributed by atoms with van der Waals surface area (Å²) in [4.78, 5) is 0. The summed E-state index contributed by atoms with van der Waals surface area (Å²) < 4.78 is 88.4. The Morgan fingerprint density at radius 3 is 1.08 bits per heavy atom. The summed E-state index contributed by atoms with van der Waals surface area (Å²) in [5.41, 5.74) is 16.1. The van der Waals surface area contributed by atoms with Gasteiger partial charge in [-0.2, -0.15) is 0 Å². The van der Waals surface area contributed by atoms with Crippen LogP contribution in [0.5, 0.6) is 0 Å². The Labute approximate surface area is 753 Å². The smallest absolute Gasteiger partial charge is 0.456 e. The van der Waals surface area contributed by atoms with Gasteiger partial charge in [0, 0.05) is 91.7 Å². The molecule has 130 heavy (non-hydrogen) atoms. The van der Waals surface area contributed by atoms with Gasteiger partial charge >= 0.3 is 28.5 Å². The van der Waals surface area contributed by atoms with Gasteiger partial charge in [-0.05, 0) is 250 Å². The molecule has 18 heteroatoms. The Morgan fingerprint density at radius 2 is 0.508 bits per heavy atom. The van der Waals surface area contributed by atoms with Crippen LogP contribution in [0.4, 0.5) is 0 Å². The molecule has 0 radical (unpaired) electrons. The molecule has 10 heterocycles. The SMILES string of the molecule is CC1(C)OB(c2cc3c4ccccc4oc3c3ccccc23)OC1(C)C.CC1(C)OB(c2ccc3c(c2)oc2c(-c4cccc5ccc6c7ccccc7oc6c45)cccc23)OC1(C)C.CC1(C)OB(c2ccc3oc4ccc(-c5ccc6c(ccc7c8ccccc8oc67)c5)cc4c3c2)OC1(C)C.CC1(C)OB(c2cccc3c2ccc2c4ccccc4oc32)OC1(C)C. The van der Waals surface area contributed by atoms with Crippen molar-refractivity contribution in [3.05, 3.63) is 291 Å². The average molecular weight is 1710 g/mol. The van der Waals surface area contributed by atoms with E-state index in [1.165, 1.54) is 0 Å². The monoisotopic (exact) mass is 1710 g/mol. The van der Waals surface area contributed by atoms with Gasteiger partial charge in [0.2, 0.25) is 0 Å². The first-order chi connectivity index (χ1) is 62.3. The summed E-state index contributed by atoms with van der Waals surface area (Å²) in [6, 6.07) is 101. The van der Waals surface area contributed by atoms with E-state index in [-0.39, 0.29) is 40.7 Å². The predicted molar refractivity (Wildman–Crippen MR) is 533 cm³/mol. The van der Waals surface area contributed by atoms with E-state index in [0.29, 0.717) is 0 Å². The van der Waals surface area contributed by atoms with E-state index < -0.39 is 32.6 Å². The number of rotatable bonds is 6. The lowest BCUT2D eigenvalue weighted by molar-refractivity contribution is 0.00578. The van der Waals surface area contributed by atoms with Gasteiger partial charge in [-0.15, -0.1) is 0 Å². The van der Waals surface area contributed by atoms with E-state index in [2.05, 4.69) is 317 Å². The Bertz CT molecular complexity index is 8330. The standard InChI is InChI=1S/2C34H27BO4.2C22H21BO3/c1-33(2)34(3,4)39-35(38-33)21-16-18-23-25-12-8-13-26(31(25)37-29(23)19-21)24-11-7-9-20-15-17-27-22-10-5-6-14-28(22)36-32(27)30(20)24;1-33(2)34(3,4)39-35(38-33)23-12-16-31-28(19-23)27-18-21(11-15-30(27)36-31)20-9-13-24-22(17-20)10-14-26-25-7-5-6-8-29(25)37-32(24)26;1-21(2)22(3,4)26-23(25-21)18-13-17-15-10-7-8-12-19(15)24-20(17)16-11-6-5-9-14(16)18;1-21(2)22(3,4)26-23(25-21)18-10-7-9-16-14(18)12-13-17-15-8-5-6-11-19(15)24-20(16)17/h2*5-19H,1-4H3;2*5-13H,1-4H3. The van der Waals surface area contributed by atoms with Crippen molar-refractivity contribution in [1.29, 1.82) is 0 Å². The zero-order valence-electron chi connectivity index (χ0n) is 75.7. The number of fused-ring (bicyclic) bond motifs is 26. The number of para-hydroxylation sites is 5. The normalized spacial score (nSPS) is 17.7. The van der Waals surface area contributed by atoms with Gasteiger partial charge < -0.3 is 63.7 Å². The molecule has 640 valence electrons. The van der Waals surface area contributed by atoms with Gasteiger partial charge in [0.05, 0.1) is 44.8 Å². The minimum absolute atomic E-state index is 0.358. The summed E-state index contributed by atoms with van der Waals surface area (Å²) in [5, 5.41) is 22.2. The lowest BCUT2D eigenvalue weighted by Gasteiger charge is -2.32. The van der Waals surface area contributed by atoms with Crippen LogP contribution < -0.4 is 21.9 Å². The Balaban J connectivity index is 0.000000101. The maximum absolute atomic E-state index is 6.62. The van der Waals surface area contributed by atoms with Crippen LogP contribution in [-0.2, 0) is 37.2 Å². The van der Waals surface area contributed by atoms with Gasteiger partial charge in [0.25, 0.3) is 0 Å². The summed E-state index contributed by atoms with van der Waals surface area (Å²) in [7, 11) is -1.64. The third-order valence-corrected chi connectivity index (χ3v) is 29.3. The van der Waals surface area contributed by atoms with Crippen LogP contribution in [0, 0.1) is 0 Å². The number of benzene rings is 16. The fourth-order valence-corrected chi connectivity index (χ4v) is 19.2. The molecule has 0 amide bonds. The molecule has 6 aromatic heterocycles. The molecule has 26 rings (SSSR count). The first-order valence-electron chi connectivity index (χ1n) is 45.0. The van der Waals surface area contributed by atoms with Gasteiger partial charge in [-0.25, -0.2) is 0 Å². The summed E-state index contributed by atoms with van der Waals surface area (Å²) >= 11 is 0. The molecule has 0 spiro atoms. The lowest BCUT2D eigenvalue weighted by atomic mass is 9.75. The molecule has 4 saturated heterocycles. The molecule has 0 atom stereocenters. The van der Waals surface area contributed by atoms with Gasteiger partial charge in [-0.1, -0.05) is 212 Å². The number of hydrogen-bond acceptors (Lipinski definition) is 14. The Morgan fingerprint density at radius 1 is 0.177 bits per heavy atom. The lowest BCUT2D eigenvalue weighted by Crippen LogP contribution is -2.41. The van der Waals surface area contributed by atoms with Gasteiger partial charge in [-0.3, -0.25) is 0 Å². The highest BCUT2D eigenvalue weighted by atomic mass is 16.7. The van der Waals surface area contributed by atoms with Gasteiger partial charge in [0.1, 0.15) is 67.0 Å². The molecule has 4 aliphatic rings. The zero-order valence-corrected chi connectivity index (χ0v) is 75.7. The minimum atomic E-state index is -0.438. The summed E-state index contributed by atoms with van der Waals surface area (Å²) in [6.07, 6.45) is 0. The minimum Gasteiger partial charge on any atom is -0.456 e. The molecule has 14 nitrogen and oxygen atoms in total. The van der Waals surface area contributed by atoms with Crippen molar-refractivity contribution in [3.63, 3.8) is 0 Å².